The Morgan fingerprint density at radius 3 is 2.40 bits per heavy atom. The van der Waals surface area contributed by atoms with Gasteiger partial charge in [0, 0.05) is 36.7 Å². The lowest BCUT2D eigenvalue weighted by molar-refractivity contribution is -0.119. The van der Waals surface area contributed by atoms with Gasteiger partial charge in [0.2, 0.25) is 5.91 Å². The van der Waals surface area contributed by atoms with Crippen LogP contribution in [0.5, 0.6) is 0 Å². The smallest absolute Gasteiger partial charge is 0.319 e. The predicted molar refractivity (Wildman–Crippen MR) is 110 cm³/mol. The van der Waals surface area contributed by atoms with Crippen molar-refractivity contribution in [3.8, 4) is 0 Å². The number of amides is 3. The molecule has 0 radical (unpaired) electrons. The molecule has 1 atom stereocenters. The second-order valence-corrected chi connectivity index (χ2v) is 7.20. The number of ether oxygens (including phenoxy) is 1. The minimum atomic E-state index is -1.10. The number of benzene rings is 2. The zero-order valence-electron chi connectivity index (χ0n) is 16.0. The van der Waals surface area contributed by atoms with Crippen LogP contribution >= 0.6 is 11.6 Å². The van der Waals surface area contributed by atoms with Crippen molar-refractivity contribution in [1.29, 1.82) is 0 Å². The molecule has 4 N–H and O–H groups in total. The van der Waals surface area contributed by atoms with Crippen LogP contribution in [0.15, 0.2) is 36.4 Å². The molecule has 30 heavy (non-hydrogen) atoms. The molecule has 1 saturated heterocycles. The molecule has 1 fully saturated rings. The van der Waals surface area contributed by atoms with Crippen LogP contribution in [0, 0.1) is 11.6 Å². The third-order valence-corrected chi connectivity index (χ3v) is 4.89. The molecular formula is C20H21ClF2N4O3. The van der Waals surface area contributed by atoms with Crippen molar-refractivity contribution in [2.45, 2.75) is 12.5 Å². The summed E-state index contributed by atoms with van der Waals surface area (Å²) in [5.74, 6) is -2.87. The van der Waals surface area contributed by atoms with Crippen molar-refractivity contribution in [1.82, 2.24) is 5.32 Å². The SMILES string of the molecule is NC(=O)C(Cc1ccc(Cl)cc1)NC(=O)Nc1cc(F)c(F)cc1N1CCOCC1. The van der Waals surface area contributed by atoms with Crippen molar-refractivity contribution >= 4 is 34.9 Å². The lowest BCUT2D eigenvalue weighted by Crippen LogP contribution is -2.47. The second-order valence-electron chi connectivity index (χ2n) is 6.77. The maximum Gasteiger partial charge on any atom is 0.319 e. The molecule has 7 nitrogen and oxygen atoms in total. The first-order chi connectivity index (χ1) is 14.3. The molecule has 1 unspecified atom stereocenters. The average Bonchev–Trinajstić information content (AvgIpc) is 2.72. The Hall–Kier alpha value is -2.91. The van der Waals surface area contributed by atoms with E-state index in [0.717, 1.165) is 17.7 Å². The van der Waals surface area contributed by atoms with E-state index in [1.54, 1.807) is 29.2 Å². The van der Waals surface area contributed by atoms with Gasteiger partial charge in [-0.3, -0.25) is 4.79 Å². The van der Waals surface area contributed by atoms with Crippen LogP contribution in [0.1, 0.15) is 5.56 Å². The molecule has 2 aromatic carbocycles. The van der Waals surface area contributed by atoms with Crippen LogP contribution in [-0.4, -0.2) is 44.3 Å². The number of carbonyl (C=O) groups is 2. The highest BCUT2D eigenvalue weighted by molar-refractivity contribution is 6.30. The zero-order valence-corrected chi connectivity index (χ0v) is 16.7. The first kappa shape index (κ1) is 21.8. The lowest BCUT2D eigenvalue weighted by Gasteiger charge is -2.30. The molecule has 1 aliphatic heterocycles. The minimum absolute atomic E-state index is 0.0722. The van der Waals surface area contributed by atoms with Gasteiger partial charge < -0.3 is 26.0 Å². The quantitative estimate of drug-likeness (QED) is 0.646. The van der Waals surface area contributed by atoms with E-state index in [2.05, 4.69) is 10.6 Å². The topological polar surface area (TPSA) is 96.7 Å². The maximum atomic E-state index is 13.8. The van der Waals surface area contributed by atoms with Gasteiger partial charge in [-0.25, -0.2) is 13.6 Å². The number of urea groups is 1. The van der Waals surface area contributed by atoms with E-state index < -0.39 is 29.6 Å². The molecular weight excluding hydrogens is 418 g/mol. The number of morpholine rings is 1. The third-order valence-electron chi connectivity index (χ3n) is 4.64. The molecule has 3 rings (SSSR count). The van der Waals surface area contributed by atoms with E-state index >= 15 is 0 Å². The van der Waals surface area contributed by atoms with E-state index in [4.69, 9.17) is 22.1 Å². The molecule has 0 aliphatic carbocycles. The Morgan fingerprint density at radius 1 is 1.13 bits per heavy atom. The van der Waals surface area contributed by atoms with Gasteiger partial charge in [-0.1, -0.05) is 23.7 Å². The Labute approximate surface area is 177 Å². The number of hydrogen-bond acceptors (Lipinski definition) is 4. The van der Waals surface area contributed by atoms with E-state index in [1.165, 1.54) is 0 Å². The van der Waals surface area contributed by atoms with Crippen LogP contribution in [0.4, 0.5) is 25.0 Å². The Morgan fingerprint density at radius 2 is 1.77 bits per heavy atom. The second kappa shape index (κ2) is 9.73. The number of nitrogens with two attached hydrogens (primary N) is 1. The van der Waals surface area contributed by atoms with Gasteiger partial charge in [-0.05, 0) is 17.7 Å². The fourth-order valence-corrected chi connectivity index (χ4v) is 3.22. The summed E-state index contributed by atoms with van der Waals surface area (Å²) in [6.07, 6.45) is 0.147. The lowest BCUT2D eigenvalue weighted by atomic mass is 10.1. The molecule has 1 heterocycles. The van der Waals surface area contributed by atoms with Gasteiger partial charge in [-0.2, -0.15) is 0 Å². The number of hydrogen-bond donors (Lipinski definition) is 3. The first-order valence-electron chi connectivity index (χ1n) is 9.26. The minimum Gasteiger partial charge on any atom is -0.378 e. The highest BCUT2D eigenvalue weighted by Crippen LogP contribution is 2.29. The van der Waals surface area contributed by atoms with Crippen LogP contribution in [0.25, 0.3) is 0 Å². The molecule has 160 valence electrons. The van der Waals surface area contributed by atoms with Crippen molar-refractivity contribution in [2.24, 2.45) is 5.73 Å². The van der Waals surface area contributed by atoms with E-state index in [9.17, 15) is 18.4 Å². The van der Waals surface area contributed by atoms with Gasteiger partial charge in [-0.15, -0.1) is 0 Å². The summed E-state index contributed by atoms with van der Waals surface area (Å²) in [4.78, 5) is 26.1. The Kier molecular flexibility index (Phi) is 7.07. The fourth-order valence-electron chi connectivity index (χ4n) is 3.10. The molecule has 10 heteroatoms. The number of rotatable bonds is 6. The normalized spacial score (nSPS) is 14.8. The number of nitrogens with one attached hydrogen (secondary N) is 2. The maximum absolute atomic E-state index is 13.8. The number of primary amides is 1. The van der Waals surface area contributed by atoms with Gasteiger partial charge in [0.1, 0.15) is 6.04 Å². The summed E-state index contributed by atoms with van der Waals surface area (Å²) >= 11 is 5.85. The molecule has 0 saturated carbocycles. The summed E-state index contributed by atoms with van der Waals surface area (Å²) in [6.45, 7) is 1.77. The monoisotopic (exact) mass is 438 g/mol. The van der Waals surface area contributed by atoms with Crippen molar-refractivity contribution < 1.29 is 23.1 Å². The number of nitrogens with zero attached hydrogens (tertiary/aromatic N) is 1. The largest absolute Gasteiger partial charge is 0.378 e. The summed E-state index contributed by atoms with van der Waals surface area (Å²) in [5, 5.41) is 5.50. The average molecular weight is 439 g/mol. The van der Waals surface area contributed by atoms with Crippen LogP contribution in [0.3, 0.4) is 0 Å². The molecule has 2 aromatic rings. The number of carbonyl (C=O) groups excluding carboxylic acids is 2. The fraction of sp³-hybridized carbons (Fsp3) is 0.300. The number of anilines is 2. The molecule has 0 spiro atoms. The van der Waals surface area contributed by atoms with Crippen molar-refractivity contribution in [3.63, 3.8) is 0 Å². The summed E-state index contributed by atoms with van der Waals surface area (Å²) in [7, 11) is 0. The van der Waals surface area contributed by atoms with E-state index in [0.29, 0.717) is 37.0 Å². The van der Waals surface area contributed by atoms with E-state index in [-0.39, 0.29) is 12.1 Å². The summed E-state index contributed by atoms with van der Waals surface area (Å²) in [5.41, 5.74) is 6.54. The number of halogens is 3. The van der Waals surface area contributed by atoms with Crippen LogP contribution in [-0.2, 0) is 16.0 Å². The Bertz CT molecular complexity index is 921. The van der Waals surface area contributed by atoms with Crippen LogP contribution in [0.2, 0.25) is 5.02 Å². The van der Waals surface area contributed by atoms with Crippen molar-refractivity contribution in [2.75, 3.05) is 36.5 Å². The highest BCUT2D eigenvalue weighted by atomic mass is 35.5. The van der Waals surface area contributed by atoms with E-state index in [1.807, 2.05) is 0 Å². The summed E-state index contributed by atoms with van der Waals surface area (Å²) in [6, 6.07) is 6.88. The van der Waals surface area contributed by atoms with Gasteiger partial charge in [0.05, 0.1) is 24.6 Å². The summed E-state index contributed by atoms with van der Waals surface area (Å²) < 4.78 is 32.9. The third kappa shape index (κ3) is 5.58. The molecule has 0 bridgehead atoms. The van der Waals surface area contributed by atoms with Crippen LogP contribution < -0.4 is 21.3 Å². The molecule has 0 aromatic heterocycles. The Balaban J connectivity index is 1.74. The molecule has 3 amide bonds. The standard InChI is InChI=1S/C20H21ClF2N4O3/c21-13-3-1-12(2-4-13)9-17(19(24)28)26-20(29)25-16-10-14(22)15(23)11-18(16)27-5-7-30-8-6-27/h1-4,10-11,17H,5-9H2,(H2,24,28)(H2,25,26,29). The zero-order chi connectivity index (χ0) is 21.7. The van der Waals surface area contributed by atoms with Gasteiger partial charge in [0.15, 0.2) is 11.6 Å². The predicted octanol–water partition coefficient (Wildman–Crippen LogP) is 2.67. The highest BCUT2D eigenvalue weighted by Gasteiger charge is 2.22. The first-order valence-corrected chi connectivity index (χ1v) is 9.64. The van der Waals surface area contributed by atoms with Gasteiger partial charge >= 0.3 is 6.03 Å². The van der Waals surface area contributed by atoms with Gasteiger partial charge in [0.25, 0.3) is 0 Å². The van der Waals surface area contributed by atoms with Crippen molar-refractivity contribution in [3.05, 3.63) is 58.6 Å². The molecule has 1 aliphatic rings.